The fourth-order valence-electron chi connectivity index (χ4n) is 5.46. The maximum atomic E-state index is 14.0. The summed E-state index contributed by atoms with van der Waals surface area (Å²) in [5.74, 6) is -4.73. The Morgan fingerprint density at radius 1 is 0.745 bits per heavy atom. The van der Waals surface area contributed by atoms with Crippen molar-refractivity contribution in [3.8, 4) is 11.5 Å². The molecule has 0 bridgehead atoms. The minimum atomic E-state index is -1.53. The van der Waals surface area contributed by atoms with Gasteiger partial charge in [-0.3, -0.25) is 19.2 Å². The molecule has 51 heavy (non-hydrogen) atoms. The number of likely N-dealkylation sites (N-methyl/N-ethyl adjacent to an activating group) is 1. The molecule has 0 unspecified atom stereocenters. The maximum Gasteiger partial charge on any atom is 0.326 e. The Labute approximate surface area is 299 Å². The van der Waals surface area contributed by atoms with E-state index >= 15 is 0 Å². The molecule has 0 aliphatic carbocycles. The first kappa shape index (κ1) is 42.5. The van der Waals surface area contributed by atoms with Crippen LogP contribution in [0.15, 0.2) is 48.5 Å². The second-order valence-electron chi connectivity index (χ2n) is 13.4. The number of unbranched alkanes of at least 4 members (excludes halogenated alkanes) is 4. The van der Waals surface area contributed by atoms with E-state index in [4.69, 9.17) is 5.73 Å². The van der Waals surface area contributed by atoms with Gasteiger partial charge in [0.25, 0.3) is 5.91 Å². The van der Waals surface area contributed by atoms with Crippen molar-refractivity contribution in [1.82, 2.24) is 20.9 Å². The first-order valence-electron chi connectivity index (χ1n) is 17.5. The number of phenols is 2. The van der Waals surface area contributed by atoms with Crippen molar-refractivity contribution in [2.45, 2.75) is 115 Å². The zero-order chi connectivity index (χ0) is 38.2. The summed E-state index contributed by atoms with van der Waals surface area (Å²) in [5, 5.41) is 47.4. The lowest BCUT2D eigenvalue weighted by molar-refractivity contribution is -0.145. The SMILES string of the molecule is CCCCCCC[C@@H](N)[C@H](O)C(=O)N[C@@H](C)C(=O)N[C@H](C(=O)N(C)[C@@H](Cc1ccc(O)cc1)C(=O)N[C@@H](Cc1ccc(O)cc1)C(=O)O)C(C)C. The molecule has 0 aliphatic heterocycles. The summed E-state index contributed by atoms with van der Waals surface area (Å²) in [6.45, 7) is 6.89. The monoisotopic (exact) mass is 713 g/mol. The number of aliphatic hydroxyl groups is 1. The number of nitrogens with one attached hydrogen (secondary N) is 3. The van der Waals surface area contributed by atoms with Crippen LogP contribution >= 0.6 is 0 Å². The number of carboxylic acids is 1. The van der Waals surface area contributed by atoms with E-state index in [9.17, 15) is 44.4 Å². The second kappa shape index (κ2) is 20.9. The molecule has 2 aromatic carbocycles. The molecule has 0 fully saturated rings. The van der Waals surface area contributed by atoms with Gasteiger partial charge in [-0.1, -0.05) is 77.1 Å². The van der Waals surface area contributed by atoms with Crippen LogP contribution in [0.5, 0.6) is 11.5 Å². The van der Waals surface area contributed by atoms with Gasteiger partial charge in [-0.25, -0.2) is 4.79 Å². The molecular formula is C37H55N5O9. The number of carbonyl (C=O) groups excluding carboxylic acids is 4. The summed E-state index contributed by atoms with van der Waals surface area (Å²) in [5.41, 5.74) is 7.14. The number of aliphatic carboxylic acids is 1. The molecule has 6 atom stereocenters. The Morgan fingerprint density at radius 2 is 1.27 bits per heavy atom. The minimum absolute atomic E-state index is 0.00220. The van der Waals surface area contributed by atoms with Crippen LogP contribution in [0.1, 0.15) is 77.3 Å². The number of phenolic OH excluding ortho intramolecular Hbond substituents is 2. The highest BCUT2D eigenvalue weighted by atomic mass is 16.4. The number of carboxylic acid groups (broad SMARTS) is 1. The van der Waals surface area contributed by atoms with Crippen molar-refractivity contribution in [2.75, 3.05) is 7.05 Å². The van der Waals surface area contributed by atoms with Gasteiger partial charge in [-0.05, 0) is 54.7 Å². The molecule has 0 heterocycles. The number of hydrogen-bond acceptors (Lipinski definition) is 9. The number of hydrogen-bond donors (Lipinski definition) is 8. The van der Waals surface area contributed by atoms with Crippen molar-refractivity contribution >= 4 is 29.6 Å². The van der Waals surface area contributed by atoms with Crippen molar-refractivity contribution in [1.29, 1.82) is 0 Å². The average molecular weight is 714 g/mol. The van der Waals surface area contributed by atoms with Crippen LogP contribution in [0.3, 0.4) is 0 Å². The van der Waals surface area contributed by atoms with Crippen molar-refractivity contribution in [3.63, 3.8) is 0 Å². The zero-order valence-electron chi connectivity index (χ0n) is 30.2. The third-order valence-corrected chi connectivity index (χ3v) is 8.77. The van der Waals surface area contributed by atoms with E-state index in [0.29, 0.717) is 17.5 Å². The molecule has 9 N–H and O–H groups in total. The van der Waals surface area contributed by atoms with Gasteiger partial charge < -0.3 is 47.0 Å². The number of nitrogens with zero attached hydrogens (tertiary/aromatic N) is 1. The maximum absolute atomic E-state index is 14.0. The molecule has 0 radical (unpaired) electrons. The lowest BCUT2D eigenvalue weighted by atomic mass is 9.98. The fraction of sp³-hybridized carbons (Fsp3) is 0.541. The molecule has 0 aromatic heterocycles. The normalized spacial score (nSPS) is 14.7. The average Bonchev–Trinajstić information content (AvgIpc) is 3.09. The van der Waals surface area contributed by atoms with Crippen LogP contribution in [0.25, 0.3) is 0 Å². The zero-order valence-corrected chi connectivity index (χ0v) is 30.2. The molecule has 0 spiro atoms. The van der Waals surface area contributed by atoms with Gasteiger partial charge in [0.1, 0.15) is 41.8 Å². The lowest BCUT2D eigenvalue weighted by Gasteiger charge is -2.33. The van der Waals surface area contributed by atoms with Crippen LogP contribution in [0.2, 0.25) is 0 Å². The second-order valence-corrected chi connectivity index (χ2v) is 13.4. The van der Waals surface area contributed by atoms with Crippen LogP contribution in [-0.2, 0) is 36.8 Å². The van der Waals surface area contributed by atoms with Crippen LogP contribution in [-0.4, -0.2) is 98.3 Å². The highest BCUT2D eigenvalue weighted by Crippen LogP contribution is 2.17. The number of amides is 4. The Kier molecular flexibility index (Phi) is 17.4. The smallest absolute Gasteiger partial charge is 0.326 e. The number of rotatable bonds is 21. The van der Waals surface area contributed by atoms with Gasteiger partial charge in [-0.2, -0.15) is 0 Å². The van der Waals surface area contributed by atoms with Gasteiger partial charge in [-0.15, -0.1) is 0 Å². The summed E-state index contributed by atoms with van der Waals surface area (Å²) in [7, 11) is 1.37. The first-order chi connectivity index (χ1) is 24.0. The molecule has 14 nitrogen and oxygen atoms in total. The first-order valence-corrected chi connectivity index (χ1v) is 17.5. The fourth-order valence-corrected chi connectivity index (χ4v) is 5.46. The highest BCUT2D eigenvalue weighted by molar-refractivity contribution is 5.95. The van der Waals surface area contributed by atoms with Gasteiger partial charge in [0.2, 0.25) is 17.7 Å². The molecule has 4 amide bonds. The summed E-state index contributed by atoms with van der Waals surface area (Å²) in [6, 6.07) is 6.12. The third-order valence-electron chi connectivity index (χ3n) is 8.77. The Hall–Kier alpha value is -4.69. The predicted octanol–water partition coefficient (Wildman–Crippen LogP) is 1.97. The van der Waals surface area contributed by atoms with Gasteiger partial charge in [0, 0.05) is 25.9 Å². The van der Waals surface area contributed by atoms with E-state index in [1.807, 2.05) is 0 Å². The molecule has 0 saturated heterocycles. The number of aliphatic hydroxyl groups excluding tert-OH is 1. The van der Waals surface area contributed by atoms with E-state index in [1.54, 1.807) is 26.0 Å². The minimum Gasteiger partial charge on any atom is -0.508 e. The van der Waals surface area contributed by atoms with Gasteiger partial charge >= 0.3 is 5.97 Å². The summed E-state index contributed by atoms with van der Waals surface area (Å²) in [4.78, 5) is 67.0. The van der Waals surface area contributed by atoms with Crippen molar-refractivity contribution in [2.24, 2.45) is 11.7 Å². The van der Waals surface area contributed by atoms with Crippen LogP contribution < -0.4 is 21.7 Å². The highest BCUT2D eigenvalue weighted by Gasteiger charge is 2.36. The van der Waals surface area contributed by atoms with E-state index < -0.39 is 71.8 Å². The topological polar surface area (TPSA) is 232 Å². The quantitative estimate of drug-likeness (QED) is 0.0877. The molecule has 14 heteroatoms. The van der Waals surface area contributed by atoms with E-state index in [0.717, 1.165) is 37.0 Å². The van der Waals surface area contributed by atoms with Crippen molar-refractivity contribution < 1.29 is 44.4 Å². The number of nitrogens with two attached hydrogens (primary N) is 1. The van der Waals surface area contributed by atoms with Gasteiger partial charge in [0.05, 0.1) is 0 Å². The molecule has 0 aliphatic rings. The third kappa shape index (κ3) is 13.9. The Bertz CT molecular complexity index is 1430. The standard InChI is InChI=1S/C37H55N5O9/c1-6-7-8-9-10-11-28(38)32(45)35(48)39-23(4)33(46)41-31(22(2)3)36(49)42(5)30(21-25-14-18-27(44)19-15-25)34(47)40-29(37(50)51)20-24-12-16-26(43)17-13-24/h12-19,22-23,28-32,43-45H,6-11,20-21,38H2,1-5H3,(H,39,48)(H,40,47)(H,41,46)(H,50,51)/t23-,28+,29-,30-,31-,32-/m0/s1. The van der Waals surface area contributed by atoms with Crippen molar-refractivity contribution in [3.05, 3.63) is 59.7 Å². The van der Waals surface area contributed by atoms with Crippen LogP contribution in [0, 0.1) is 5.92 Å². The van der Waals surface area contributed by atoms with Crippen LogP contribution in [0.4, 0.5) is 0 Å². The Morgan fingerprint density at radius 3 is 1.78 bits per heavy atom. The van der Waals surface area contributed by atoms with E-state index in [2.05, 4.69) is 22.9 Å². The number of benzene rings is 2. The number of carbonyl (C=O) groups is 5. The van der Waals surface area contributed by atoms with E-state index in [1.165, 1.54) is 50.4 Å². The summed E-state index contributed by atoms with van der Waals surface area (Å²) < 4.78 is 0. The molecule has 2 aromatic rings. The largest absolute Gasteiger partial charge is 0.508 e. The number of aromatic hydroxyl groups is 2. The predicted molar refractivity (Wildman–Crippen MR) is 191 cm³/mol. The Balaban J connectivity index is 2.20. The molecular weight excluding hydrogens is 658 g/mol. The molecule has 0 saturated carbocycles. The summed E-state index contributed by atoms with van der Waals surface area (Å²) in [6.07, 6.45) is 3.68. The molecule has 282 valence electrons. The van der Waals surface area contributed by atoms with Gasteiger partial charge in [0.15, 0.2) is 0 Å². The van der Waals surface area contributed by atoms with E-state index in [-0.39, 0.29) is 24.3 Å². The summed E-state index contributed by atoms with van der Waals surface area (Å²) >= 11 is 0. The molecule has 2 rings (SSSR count). The lowest BCUT2D eigenvalue weighted by Crippen LogP contribution is -2.60.